The molecule has 2 unspecified atom stereocenters. The molecule has 1 saturated carbocycles. The third kappa shape index (κ3) is 3.98. The summed E-state index contributed by atoms with van der Waals surface area (Å²) in [5.74, 6) is 2.74. The largest absolute Gasteiger partial charge is 0.345 e. The lowest BCUT2D eigenvalue weighted by Crippen LogP contribution is -2.31. The Morgan fingerprint density at radius 3 is 2.59 bits per heavy atom. The van der Waals surface area contributed by atoms with E-state index >= 15 is 0 Å². The topological polar surface area (TPSA) is 32.3 Å². The molecular formula is C14H26N2O. The van der Waals surface area contributed by atoms with Crippen molar-refractivity contribution in [2.24, 2.45) is 17.8 Å². The summed E-state index contributed by atoms with van der Waals surface area (Å²) >= 11 is 0. The number of carbonyl (C=O) groups is 1. The van der Waals surface area contributed by atoms with Gasteiger partial charge in [-0.15, -0.1) is 0 Å². The summed E-state index contributed by atoms with van der Waals surface area (Å²) in [6.07, 6.45) is 5.65. The minimum Gasteiger partial charge on any atom is -0.345 e. The number of nitrogens with zero attached hydrogens (tertiary/aromatic N) is 1. The van der Waals surface area contributed by atoms with Crippen molar-refractivity contribution < 1.29 is 4.79 Å². The Morgan fingerprint density at radius 2 is 2.00 bits per heavy atom. The molecule has 0 aromatic heterocycles. The average molecular weight is 238 g/mol. The molecule has 0 spiro atoms. The highest BCUT2D eigenvalue weighted by molar-refractivity contribution is 5.75. The van der Waals surface area contributed by atoms with Gasteiger partial charge in [0, 0.05) is 20.0 Å². The quantitative estimate of drug-likeness (QED) is 0.793. The van der Waals surface area contributed by atoms with Crippen LogP contribution in [0.1, 0.15) is 39.0 Å². The molecule has 1 aliphatic heterocycles. The van der Waals surface area contributed by atoms with Crippen LogP contribution in [0.5, 0.6) is 0 Å². The van der Waals surface area contributed by atoms with Gasteiger partial charge in [-0.2, -0.15) is 0 Å². The second-order valence-electron chi connectivity index (χ2n) is 5.98. The predicted molar refractivity (Wildman–Crippen MR) is 69.7 cm³/mol. The van der Waals surface area contributed by atoms with Gasteiger partial charge in [0.15, 0.2) is 0 Å². The fourth-order valence-electron chi connectivity index (χ4n) is 2.80. The molecule has 0 aromatic carbocycles. The summed E-state index contributed by atoms with van der Waals surface area (Å²) < 4.78 is 0. The van der Waals surface area contributed by atoms with Crippen LogP contribution in [0.15, 0.2) is 0 Å². The third-order valence-electron chi connectivity index (χ3n) is 4.44. The summed E-state index contributed by atoms with van der Waals surface area (Å²) in [6, 6.07) is 0. The zero-order chi connectivity index (χ0) is 12.3. The lowest BCUT2D eigenvalue weighted by Gasteiger charge is -2.23. The van der Waals surface area contributed by atoms with Crippen LogP contribution in [0.2, 0.25) is 0 Å². The number of rotatable bonds is 5. The zero-order valence-corrected chi connectivity index (χ0v) is 11.2. The van der Waals surface area contributed by atoms with Crippen molar-refractivity contribution >= 4 is 5.91 Å². The van der Waals surface area contributed by atoms with E-state index in [1.54, 1.807) is 0 Å². The Hall–Kier alpha value is -0.570. The van der Waals surface area contributed by atoms with Crippen molar-refractivity contribution in [1.29, 1.82) is 0 Å². The van der Waals surface area contributed by atoms with E-state index in [9.17, 15) is 4.79 Å². The van der Waals surface area contributed by atoms with Gasteiger partial charge in [0.1, 0.15) is 0 Å². The van der Waals surface area contributed by atoms with Gasteiger partial charge in [0.25, 0.3) is 0 Å². The molecule has 1 saturated heterocycles. The summed E-state index contributed by atoms with van der Waals surface area (Å²) in [6.45, 7) is 5.52. The van der Waals surface area contributed by atoms with Crippen molar-refractivity contribution in [3.8, 4) is 0 Å². The first-order valence-corrected chi connectivity index (χ1v) is 7.11. The molecule has 1 heterocycles. The number of amides is 1. The van der Waals surface area contributed by atoms with E-state index in [2.05, 4.69) is 12.2 Å². The van der Waals surface area contributed by atoms with Crippen LogP contribution in [0, 0.1) is 17.8 Å². The maximum Gasteiger partial charge on any atom is 0.222 e. The molecule has 98 valence electrons. The van der Waals surface area contributed by atoms with Gasteiger partial charge >= 0.3 is 0 Å². The number of hydrogen-bond acceptors (Lipinski definition) is 2. The molecule has 1 N–H and O–H groups in total. The van der Waals surface area contributed by atoms with E-state index in [0.717, 1.165) is 50.2 Å². The second-order valence-corrected chi connectivity index (χ2v) is 5.98. The molecule has 17 heavy (non-hydrogen) atoms. The fraction of sp³-hybridized carbons (Fsp3) is 0.929. The van der Waals surface area contributed by atoms with Crippen molar-refractivity contribution in [2.75, 3.05) is 26.7 Å². The highest BCUT2D eigenvalue weighted by Crippen LogP contribution is 2.38. The average Bonchev–Trinajstić information content (AvgIpc) is 3.03. The number of piperidine rings is 1. The van der Waals surface area contributed by atoms with Crippen LogP contribution in [0.4, 0.5) is 0 Å². The van der Waals surface area contributed by atoms with Gasteiger partial charge in [-0.25, -0.2) is 0 Å². The molecule has 1 amide bonds. The molecule has 2 fully saturated rings. The number of nitrogens with one attached hydrogen (secondary N) is 1. The van der Waals surface area contributed by atoms with E-state index in [-0.39, 0.29) is 0 Å². The van der Waals surface area contributed by atoms with Crippen LogP contribution in [0.3, 0.4) is 0 Å². The van der Waals surface area contributed by atoms with Gasteiger partial charge in [0.2, 0.25) is 5.91 Å². The first kappa shape index (κ1) is 12.9. The van der Waals surface area contributed by atoms with Gasteiger partial charge in [-0.1, -0.05) is 6.92 Å². The van der Waals surface area contributed by atoms with Crippen LogP contribution in [-0.4, -0.2) is 37.5 Å². The van der Waals surface area contributed by atoms with Crippen LogP contribution < -0.4 is 5.32 Å². The van der Waals surface area contributed by atoms with Gasteiger partial charge in [-0.05, 0) is 56.5 Å². The minimum atomic E-state index is 0.350. The molecule has 0 bridgehead atoms. The van der Waals surface area contributed by atoms with Gasteiger partial charge in [-0.3, -0.25) is 4.79 Å². The fourth-order valence-corrected chi connectivity index (χ4v) is 2.80. The third-order valence-corrected chi connectivity index (χ3v) is 4.44. The molecule has 3 nitrogen and oxygen atoms in total. The molecule has 0 aromatic rings. The highest BCUT2D eigenvalue weighted by atomic mass is 16.2. The summed E-state index contributed by atoms with van der Waals surface area (Å²) in [7, 11) is 1.97. The first-order valence-electron chi connectivity index (χ1n) is 7.11. The molecular weight excluding hydrogens is 212 g/mol. The molecule has 2 rings (SSSR count). The van der Waals surface area contributed by atoms with Gasteiger partial charge < -0.3 is 10.2 Å². The maximum atomic E-state index is 12.0. The zero-order valence-electron chi connectivity index (χ0n) is 11.2. The van der Waals surface area contributed by atoms with Crippen molar-refractivity contribution in [3.63, 3.8) is 0 Å². The monoisotopic (exact) mass is 238 g/mol. The van der Waals surface area contributed by atoms with E-state index in [0.29, 0.717) is 5.91 Å². The normalized spacial score (nSPS) is 29.1. The Balaban J connectivity index is 1.62. The Morgan fingerprint density at radius 1 is 1.35 bits per heavy atom. The molecule has 0 radical (unpaired) electrons. The van der Waals surface area contributed by atoms with Crippen LogP contribution >= 0.6 is 0 Å². The van der Waals surface area contributed by atoms with Crippen molar-refractivity contribution in [1.82, 2.24) is 10.2 Å². The number of hydrogen-bond donors (Lipinski definition) is 1. The van der Waals surface area contributed by atoms with Crippen molar-refractivity contribution in [3.05, 3.63) is 0 Å². The highest BCUT2D eigenvalue weighted by Gasteiger charge is 2.34. The molecule has 2 atom stereocenters. The van der Waals surface area contributed by atoms with E-state index < -0.39 is 0 Å². The minimum absolute atomic E-state index is 0.350. The van der Waals surface area contributed by atoms with Crippen molar-refractivity contribution in [2.45, 2.75) is 39.0 Å². The lowest BCUT2D eigenvalue weighted by molar-refractivity contribution is -0.130. The SMILES string of the molecule is CC1CC1CN(C)C(=O)CCC1CCNCC1. The second kappa shape index (κ2) is 5.85. The van der Waals surface area contributed by atoms with E-state index in [1.165, 1.54) is 19.3 Å². The summed E-state index contributed by atoms with van der Waals surface area (Å²) in [4.78, 5) is 13.9. The first-order chi connectivity index (χ1) is 8.16. The predicted octanol–water partition coefficient (Wildman–Crippen LogP) is 1.88. The lowest BCUT2D eigenvalue weighted by atomic mass is 9.93. The Labute approximate surface area is 105 Å². The summed E-state index contributed by atoms with van der Waals surface area (Å²) in [5, 5.41) is 3.37. The van der Waals surface area contributed by atoms with Crippen LogP contribution in [0.25, 0.3) is 0 Å². The maximum absolute atomic E-state index is 12.0. The molecule has 3 heteroatoms. The summed E-state index contributed by atoms with van der Waals surface area (Å²) in [5.41, 5.74) is 0. The smallest absolute Gasteiger partial charge is 0.222 e. The molecule has 2 aliphatic rings. The number of carbonyl (C=O) groups excluding carboxylic acids is 1. The van der Waals surface area contributed by atoms with Crippen LogP contribution in [-0.2, 0) is 4.79 Å². The van der Waals surface area contributed by atoms with Gasteiger partial charge in [0.05, 0.1) is 0 Å². The van der Waals surface area contributed by atoms with E-state index in [1.807, 2.05) is 11.9 Å². The Kier molecular flexibility index (Phi) is 4.43. The Bertz CT molecular complexity index is 261. The standard InChI is InChI=1S/C14H26N2O/c1-11-9-13(11)10-16(2)14(17)4-3-12-5-7-15-8-6-12/h11-13,15H,3-10H2,1-2H3. The molecule has 1 aliphatic carbocycles. The van der Waals surface area contributed by atoms with E-state index in [4.69, 9.17) is 0 Å².